The lowest BCUT2D eigenvalue weighted by atomic mass is 9.97. The number of methoxy groups -OCH3 is 2. The zero-order valence-electron chi connectivity index (χ0n) is 18.3. The SMILES string of the molecule is COc1ccc(/C(O)=C2/C(=O)C(=O)N(c3cc(C)ccc3O)C2c2ccccn2)c(OC)c1. The van der Waals surface area contributed by atoms with E-state index in [2.05, 4.69) is 4.98 Å². The van der Waals surface area contributed by atoms with Crippen LogP contribution in [0, 0.1) is 6.92 Å². The Morgan fingerprint density at radius 1 is 1.03 bits per heavy atom. The Hall–Kier alpha value is -4.33. The van der Waals surface area contributed by atoms with Gasteiger partial charge in [0.05, 0.1) is 36.7 Å². The second-order valence-corrected chi connectivity index (χ2v) is 7.48. The van der Waals surface area contributed by atoms with Gasteiger partial charge in [-0.1, -0.05) is 12.1 Å². The summed E-state index contributed by atoms with van der Waals surface area (Å²) in [4.78, 5) is 31.9. The molecule has 0 radical (unpaired) electrons. The number of aromatic hydroxyl groups is 1. The van der Waals surface area contributed by atoms with E-state index in [0.717, 1.165) is 10.5 Å². The van der Waals surface area contributed by atoms with E-state index >= 15 is 0 Å². The molecule has 0 spiro atoms. The van der Waals surface area contributed by atoms with Crippen molar-refractivity contribution in [2.45, 2.75) is 13.0 Å². The Labute approximate surface area is 190 Å². The third-order valence-electron chi connectivity index (χ3n) is 5.47. The summed E-state index contributed by atoms with van der Waals surface area (Å²) in [5, 5.41) is 21.8. The first kappa shape index (κ1) is 21.9. The number of amides is 1. The van der Waals surface area contributed by atoms with Gasteiger partial charge in [-0.25, -0.2) is 0 Å². The van der Waals surface area contributed by atoms with Gasteiger partial charge < -0.3 is 19.7 Å². The van der Waals surface area contributed by atoms with Gasteiger partial charge in [-0.2, -0.15) is 0 Å². The largest absolute Gasteiger partial charge is 0.507 e. The van der Waals surface area contributed by atoms with Crippen LogP contribution in [0.4, 0.5) is 5.69 Å². The first-order valence-electron chi connectivity index (χ1n) is 10.1. The molecular weight excluding hydrogens is 424 g/mol. The number of benzene rings is 2. The smallest absolute Gasteiger partial charge is 0.300 e. The Morgan fingerprint density at radius 3 is 2.48 bits per heavy atom. The predicted molar refractivity (Wildman–Crippen MR) is 121 cm³/mol. The van der Waals surface area contributed by atoms with E-state index in [1.54, 1.807) is 55.5 Å². The van der Waals surface area contributed by atoms with Crippen LogP contribution in [0.3, 0.4) is 0 Å². The molecule has 4 rings (SSSR count). The zero-order chi connectivity index (χ0) is 23.7. The number of Topliss-reactive ketones (excluding diaryl/α,β-unsaturated/α-hetero) is 1. The molecule has 8 heteroatoms. The predicted octanol–water partition coefficient (Wildman–Crippen LogP) is 3.74. The Kier molecular flexibility index (Phi) is 5.74. The number of aromatic nitrogens is 1. The second kappa shape index (κ2) is 8.66. The lowest BCUT2D eigenvalue weighted by Gasteiger charge is -2.25. The number of aryl methyl sites for hydroxylation is 1. The van der Waals surface area contributed by atoms with Crippen LogP contribution in [0.2, 0.25) is 0 Å². The quantitative estimate of drug-likeness (QED) is 0.349. The molecule has 168 valence electrons. The number of nitrogens with zero attached hydrogens (tertiary/aromatic N) is 2. The fourth-order valence-electron chi connectivity index (χ4n) is 3.86. The molecule has 1 aromatic heterocycles. The van der Waals surface area contributed by atoms with Crippen LogP contribution in [0.15, 0.2) is 66.4 Å². The van der Waals surface area contributed by atoms with E-state index in [1.165, 1.54) is 26.5 Å². The Balaban J connectivity index is 1.98. The highest BCUT2D eigenvalue weighted by Crippen LogP contribution is 2.45. The zero-order valence-corrected chi connectivity index (χ0v) is 18.3. The summed E-state index contributed by atoms with van der Waals surface area (Å²) in [6.07, 6.45) is 1.53. The summed E-state index contributed by atoms with van der Waals surface area (Å²) in [5.74, 6) is -1.63. The van der Waals surface area contributed by atoms with Gasteiger partial charge in [0.1, 0.15) is 29.0 Å². The number of aliphatic hydroxyl groups excluding tert-OH is 1. The van der Waals surface area contributed by atoms with E-state index < -0.39 is 23.5 Å². The van der Waals surface area contributed by atoms with Crippen LogP contribution in [-0.2, 0) is 9.59 Å². The average molecular weight is 446 g/mol. The summed E-state index contributed by atoms with van der Waals surface area (Å²) >= 11 is 0. The summed E-state index contributed by atoms with van der Waals surface area (Å²) < 4.78 is 10.6. The summed E-state index contributed by atoms with van der Waals surface area (Å²) in [6, 6.07) is 13.5. The van der Waals surface area contributed by atoms with Gasteiger partial charge in [-0.3, -0.25) is 19.5 Å². The molecule has 1 aliphatic heterocycles. The number of phenolic OH excluding ortho intramolecular Hbond substituents is 1. The molecule has 1 amide bonds. The minimum atomic E-state index is -1.06. The van der Waals surface area contributed by atoms with Gasteiger partial charge in [0.25, 0.3) is 11.7 Å². The van der Waals surface area contributed by atoms with E-state index in [-0.39, 0.29) is 28.3 Å². The van der Waals surface area contributed by atoms with Crippen molar-refractivity contribution in [3.8, 4) is 17.2 Å². The highest BCUT2D eigenvalue weighted by molar-refractivity contribution is 6.51. The second-order valence-electron chi connectivity index (χ2n) is 7.48. The molecule has 1 fully saturated rings. The maximum absolute atomic E-state index is 13.2. The van der Waals surface area contributed by atoms with Crippen molar-refractivity contribution in [1.29, 1.82) is 0 Å². The van der Waals surface area contributed by atoms with Crippen molar-refractivity contribution in [2.24, 2.45) is 0 Å². The first-order chi connectivity index (χ1) is 15.9. The lowest BCUT2D eigenvalue weighted by Crippen LogP contribution is -2.30. The van der Waals surface area contributed by atoms with Gasteiger partial charge in [0.2, 0.25) is 0 Å². The number of anilines is 1. The van der Waals surface area contributed by atoms with Gasteiger partial charge in [-0.05, 0) is 48.9 Å². The van der Waals surface area contributed by atoms with Crippen LogP contribution < -0.4 is 14.4 Å². The number of ketones is 1. The highest BCUT2D eigenvalue weighted by Gasteiger charge is 2.48. The molecule has 0 bridgehead atoms. The van der Waals surface area contributed by atoms with Gasteiger partial charge in [0.15, 0.2) is 0 Å². The summed E-state index contributed by atoms with van der Waals surface area (Å²) in [6.45, 7) is 1.80. The molecule has 1 saturated heterocycles. The molecule has 8 nitrogen and oxygen atoms in total. The lowest BCUT2D eigenvalue weighted by molar-refractivity contribution is -0.132. The number of phenols is 1. The third-order valence-corrected chi connectivity index (χ3v) is 5.47. The van der Waals surface area contributed by atoms with Crippen LogP contribution in [0.5, 0.6) is 17.2 Å². The number of rotatable bonds is 5. The maximum atomic E-state index is 13.2. The van der Waals surface area contributed by atoms with Crippen LogP contribution in [0.1, 0.15) is 22.9 Å². The van der Waals surface area contributed by atoms with E-state index in [0.29, 0.717) is 11.4 Å². The third kappa shape index (κ3) is 3.76. The van der Waals surface area contributed by atoms with Crippen molar-refractivity contribution >= 4 is 23.1 Å². The van der Waals surface area contributed by atoms with Crippen molar-refractivity contribution in [3.05, 3.63) is 83.2 Å². The van der Waals surface area contributed by atoms with Crippen LogP contribution in [-0.4, -0.2) is 41.1 Å². The molecular formula is C25H22N2O6. The molecule has 0 saturated carbocycles. The normalized spacial score (nSPS) is 17.3. The topological polar surface area (TPSA) is 109 Å². The molecule has 2 aromatic carbocycles. The minimum Gasteiger partial charge on any atom is -0.507 e. The Bertz CT molecular complexity index is 1270. The first-order valence-corrected chi connectivity index (χ1v) is 10.1. The number of carbonyl (C=O) groups excluding carboxylic acids is 2. The van der Waals surface area contributed by atoms with Gasteiger partial charge in [-0.15, -0.1) is 0 Å². The van der Waals surface area contributed by atoms with Crippen molar-refractivity contribution in [2.75, 3.05) is 19.1 Å². The van der Waals surface area contributed by atoms with Gasteiger partial charge in [0, 0.05) is 12.3 Å². The minimum absolute atomic E-state index is 0.147. The molecule has 1 atom stereocenters. The number of hydrogen-bond donors (Lipinski definition) is 2. The fraction of sp³-hybridized carbons (Fsp3) is 0.160. The maximum Gasteiger partial charge on any atom is 0.300 e. The number of hydrogen-bond acceptors (Lipinski definition) is 7. The average Bonchev–Trinajstić information content (AvgIpc) is 3.10. The van der Waals surface area contributed by atoms with Crippen molar-refractivity contribution < 1.29 is 29.3 Å². The Morgan fingerprint density at radius 2 is 1.82 bits per heavy atom. The van der Waals surface area contributed by atoms with Gasteiger partial charge >= 0.3 is 0 Å². The number of ether oxygens (including phenoxy) is 2. The molecule has 1 aliphatic rings. The highest BCUT2D eigenvalue weighted by atomic mass is 16.5. The standard InChI is InChI=1S/C25H22N2O6/c1-14-7-10-19(28)18(12-14)27-22(17-6-4-5-11-26-17)21(24(30)25(27)31)23(29)16-9-8-15(32-2)13-20(16)33-3/h4-13,22,28-29H,1-3H3/b23-21-. The van der Waals surface area contributed by atoms with E-state index in [1.807, 2.05) is 0 Å². The van der Waals surface area contributed by atoms with Crippen LogP contribution in [0.25, 0.3) is 5.76 Å². The summed E-state index contributed by atoms with van der Waals surface area (Å²) in [7, 11) is 2.92. The van der Waals surface area contributed by atoms with Crippen molar-refractivity contribution in [3.63, 3.8) is 0 Å². The number of carbonyl (C=O) groups is 2. The number of pyridine rings is 1. The van der Waals surface area contributed by atoms with E-state index in [9.17, 15) is 19.8 Å². The van der Waals surface area contributed by atoms with Crippen LogP contribution >= 0.6 is 0 Å². The molecule has 0 aliphatic carbocycles. The van der Waals surface area contributed by atoms with E-state index in [4.69, 9.17) is 9.47 Å². The molecule has 3 aromatic rings. The summed E-state index contributed by atoms with van der Waals surface area (Å²) in [5.41, 5.74) is 1.33. The van der Waals surface area contributed by atoms with Crippen molar-refractivity contribution in [1.82, 2.24) is 4.98 Å². The molecule has 2 heterocycles. The molecule has 1 unspecified atom stereocenters. The molecule has 2 N–H and O–H groups in total. The molecule has 33 heavy (non-hydrogen) atoms. The number of aliphatic hydroxyl groups is 1. The fourth-order valence-corrected chi connectivity index (χ4v) is 3.86. The monoisotopic (exact) mass is 446 g/mol.